The molecule has 20 nitrogen and oxygen atoms in total. The molecule has 1 fully saturated rings. The number of aryl methyl sites for hydroxylation is 2. The molecule has 0 aliphatic carbocycles. The van der Waals surface area contributed by atoms with Crippen LogP contribution in [0.2, 0.25) is 0 Å². The molecule has 0 atom stereocenters. The number of esters is 3. The van der Waals surface area contributed by atoms with E-state index >= 15 is 0 Å². The Bertz CT molecular complexity index is 3610. The summed E-state index contributed by atoms with van der Waals surface area (Å²) in [6.45, 7) is 6.90. The third-order valence-electron chi connectivity index (χ3n) is 13.1. The number of rotatable bonds is 20. The van der Waals surface area contributed by atoms with Crippen molar-refractivity contribution in [3.8, 4) is 0 Å². The number of hydrogen-bond acceptors (Lipinski definition) is 15. The molecule has 36 heteroatoms. The molecule has 6 N–H and O–H groups in total. The Labute approximate surface area is 727 Å². The van der Waals surface area contributed by atoms with Crippen molar-refractivity contribution in [3.63, 3.8) is 0 Å². The second-order valence-electron chi connectivity index (χ2n) is 22.5. The minimum absolute atomic E-state index is 0. The van der Waals surface area contributed by atoms with E-state index in [0.717, 1.165) is 49.4 Å². The molecule has 1 aliphatic rings. The fraction of sp³-hybridized carbons (Fsp3) is 0.355. The number of carbonyl (C=O) groups excluding carboxylic acids is 4. The smallest absolute Gasteiger partial charge is 1.00 e. The average molecular weight is 1760 g/mol. The molecule has 7 aromatic carbocycles. The first kappa shape index (κ1) is 116. The van der Waals surface area contributed by atoms with Crippen molar-refractivity contribution in [3.05, 3.63) is 244 Å². The van der Waals surface area contributed by atoms with Crippen molar-refractivity contribution in [2.75, 3.05) is 54.9 Å². The number of carboxylic acid groups (broad SMARTS) is 1. The zero-order valence-corrected chi connectivity index (χ0v) is 71.0. The Balaban J connectivity index is -0.000000295. The summed E-state index contributed by atoms with van der Waals surface area (Å²) in [7, 11) is 3.44. The van der Waals surface area contributed by atoms with Gasteiger partial charge in [-0.2, -0.15) is 52.7 Å². The summed E-state index contributed by atoms with van der Waals surface area (Å²) in [6.07, 6.45) is -13.9. The van der Waals surface area contributed by atoms with Gasteiger partial charge in [-0.1, -0.05) is 149 Å². The predicted molar refractivity (Wildman–Crippen MR) is 392 cm³/mol. The number of aliphatic hydroxyl groups is 2. The Morgan fingerprint density at radius 2 is 0.875 bits per heavy atom. The summed E-state index contributed by atoms with van der Waals surface area (Å²) in [6, 6.07) is 53.9. The minimum Gasteiger partial charge on any atom is -1.00 e. The fourth-order valence-electron chi connectivity index (χ4n) is 8.64. The topological polar surface area (TPSA) is 316 Å². The van der Waals surface area contributed by atoms with Crippen LogP contribution in [0.15, 0.2) is 215 Å². The van der Waals surface area contributed by atoms with E-state index in [4.69, 9.17) is 25.3 Å². The minimum atomic E-state index is -4.21. The van der Waals surface area contributed by atoms with Crippen molar-refractivity contribution in [2.24, 2.45) is 26.7 Å². The van der Waals surface area contributed by atoms with Crippen LogP contribution in [-0.4, -0.2) is 136 Å². The van der Waals surface area contributed by atoms with Gasteiger partial charge in [0, 0.05) is 45.8 Å². The van der Waals surface area contributed by atoms with E-state index in [0.29, 0.717) is 51.7 Å². The van der Waals surface area contributed by atoms with Crippen LogP contribution >= 0.6 is 7.26 Å². The number of nitrogens with zero attached hydrogens (tertiary/aromatic N) is 5. The van der Waals surface area contributed by atoms with E-state index in [-0.39, 0.29) is 143 Å². The van der Waals surface area contributed by atoms with Gasteiger partial charge in [-0.25, -0.2) is 29.6 Å². The molecule has 0 radical (unpaired) electrons. The molecule has 0 unspecified atom stereocenters. The van der Waals surface area contributed by atoms with E-state index in [1.165, 1.54) is 76.6 Å². The quantitative estimate of drug-likeness (QED) is 0.00457. The summed E-state index contributed by atoms with van der Waals surface area (Å²) in [5, 5.41) is 54.1. The molecular formula is C76H94F12IKN6NaO14P. The molecule has 8 rings (SSSR count). The van der Waals surface area contributed by atoms with Crippen molar-refractivity contribution in [1.82, 2.24) is 0 Å². The van der Waals surface area contributed by atoms with Crippen LogP contribution in [0.25, 0.3) is 11.7 Å². The van der Waals surface area contributed by atoms with Crippen LogP contribution in [-0.2, 0) is 31.8 Å². The van der Waals surface area contributed by atoms with Crippen LogP contribution in [0.3, 0.4) is 0 Å². The molecule has 1 aliphatic heterocycles. The molecule has 0 amide bonds. The fourth-order valence-corrected chi connectivity index (χ4v) is 12.9. The molecule has 0 bridgehead atoms. The van der Waals surface area contributed by atoms with Crippen LogP contribution < -0.4 is 132 Å². The first-order chi connectivity index (χ1) is 50.9. The Hall–Kier alpha value is -6.61. The Kier molecular flexibility index (Phi) is 68.1. The van der Waals surface area contributed by atoms with Crippen LogP contribution in [0, 0.1) is 0 Å². The first-order valence-corrected chi connectivity index (χ1v) is 34.2. The van der Waals surface area contributed by atoms with E-state index in [1.54, 1.807) is 81.4 Å². The van der Waals surface area contributed by atoms with Gasteiger partial charge in [-0.05, 0) is 140 Å². The van der Waals surface area contributed by atoms with Crippen LogP contribution in [0.4, 0.5) is 52.7 Å². The molecular weight excluding hydrogens is 1670 g/mol. The van der Waals surface area contributed by atoms with E-state index in [9.17, 15) is 81.8 Å². The predicted octanol–water partition coefficient (Wildman–Crippen LogP) is 8.45. The second-order valence-corrected chi connectivity index (χ2v) is 26.1. The summed E-state index contributed by atoms with van der Waals surface area (Å²) in [4.78, 5) is 54.2. The number of aldehydes is 1. The van der Waals surface area contributed by atoms with Crippen molar-refractivity contribution in [1.29, 1.82) is 0 Å². The molecule has 1 saturated heterocycles. The van der Waals surface area contributed by atoms with Gasteiger partial charge in [0.15, 0.2) is 0 Å². The van der Waals surface area contributed by atoms with E-state index in [1.807, 2.05) is 91.0 Å². The van der Waals surface area contributed by atoms with Crippen LogP contribution in [0.5, 0.6) is 0 Å². The van der Waals surface area contributed by atoms with Crippen molar-refractivity contribution < 1.29 is 226 Å². The van der Waals surface area contributed by atoms with Crippen molar-refractivity contribution in [2.45, 2.75) is 123 Å². The van der Waals surface area contributed by atoms with Gasteiger partial charge >= 0.3 is 130 Å². The van der Waals surface area contributed by atoms with Gasteiger partial charge in [-0.15, -0.1) is 10.8 Å². The van der Waals surface area contributed by atoms with Gasteiger partial charge in [0.25, 0.3) is 0 Å². The van der Waals surface area contributed by atoms with Gasteiger partial charge in [0.2, 0.25) is 0 Å². The van der Waals surface area contributed by atoms with Gasteiger partial charge < -0.3 is 74.4 Å². The number of carbonyl (C=O) groups is 5. The third-order valence-corrected chi connectivity index (χ3v) is 17.5. The molecule has 7 aromatic rings. The number of hydrogen-bond donors (Lipinski definition) is 5. The number of allylic oxidation sites excluding steroid dienone is 1. The normalized spacial score (nSPS) is 11.2. The number of alkyl halides is 12. The number of carboxylic acids is 1. The van der Waals surface area contributed by atoms with Gasteiger partial charge in [-0.3, -0.25) is 10.4 Å². The first-order valence-electron chi connectivity index (χ1n) is 32.3. The third kappa shape index (κ3) is 58.3. The Morgan fingerprint density at radius 3 is 1.19 bits per heavy atom. The monoisotopic (exact) mass is 1760 g/mol. The number of halogens is 13. The summed E-state index contributed by atoms with van der Waals surface area (Å²) >= 11 is 0. The zero-order valence-electron chi connectivity index (χ0n) is 62.9. The average Bonchev–Trinajstić information content (AvgIpc) is 0.764. The molecule has 610 valence electrons. The van der Waals surface area contributed by atoms with E-state index in [2.05, 4.69) is 46.5 Å². The molecule has 112 heavy (non-hydrogen) atoms. The molecule has 0 spiro atoms. The maximum Gasteiger partial charge on any atom is 1.00 e. The maximum absolute atomic E-state index is 13.2. The summed E-state index contributed by atoms with van der Waals surface area (Å²) in [5.74, 6) is 1.95. The van der Waals surface area contributed by atoms with Gasteiger partial charge in [0.05, 0.1) is 62.6 Å². The summed E-state index contributed by atoms with van der Waals surface area (Å²) in [5.41, 5.74) is 4.95. The maximum atomic E-state index is 13.2. The second kappa shape index (κ2) is 65.6. The number of aliphatic hydroxyl groups excluding tert-OH is 2. The SMILES string of the molecule is C.C1CCOC1.CC(C)(C)[O-].CO.CO.COC(=O)c1cccc(C=CCC(F)(F)F)c1.COC(=O)c1cccc(C=O)c1.COC(=O)c1cccc(CCCC(F)(F)F)c1.FC(F)(F)CC[P+](c1ccccc1)(c1ccccc1)c1ccccc1.N/N=N/N=N/[N-]O.O=C(O)c1cccc(CCCC(F)(F)F)c1.[I-].[K+].[Na+]. The Morgan fingerprint density at radius 1 is 0.536 bits per heavy atom. The van der Waals surface area contributed by atoms with Crippen LogP contribution in [0.1, 0.15) is 148 Å². The number of benzene rings is 7. The molecule has 0 saturated carbocycles. The van der Waals surface area contributed by atoms with Gasteiger partial charge in [0.1, 0.15) is 29.5 Å². The molecule has 0 aromatic heterocycles. The van der Waals surface area contributed by atoms with E-state index < -0.39 is 87.1 Å². The molecule has 1 heterocycles. The summed E-state index contributed by atoms with van der Waals surface area (Å²) < 4.78 is 165. The number of ether oxygens (including phenoxy) is 4. The number of nitrogens with two attached hydrogens (primary N) is 1. The standard InChI is InChI=1S/C21H19F3P.C12H13F3O2.C12H11F3O2.C11H11F3O2.C9H8O3.C4H8O.C4H9O.2CH4O.CH4.HI.K.H3N6O.Na/c22-21(23,24)16-17-25(18-10-4-1-5-11-18,19-12-6-2-7-13-19)20-14-8-3-9-15-20;2*1-17-11(16)10-6-2-4-9(8-10)5-3-7-12(13,14)15;12-11(13,14)6-2-4-8-3-1-5-9(7-8)10(15)16;1-12-9(11)8-4-2-3-7(5-8)6-10;1-2-4-5-3-1;1-4(2,3)5;2*1-2;;;;1-2-3-4-5-6-7;/h1-15H,16-17H2;2,4,6,8H,3,5,7H2,1H3;2-6,8H,7H2,1H3;1,3,5,7H,2,4,6H2,(H,15,16);2-6H,1H3;1-4H2;1-3H3;2*2H,1H3;1H4;1H;;(H3-,1,2,3,4,5,6,7);/q+1;;;;;;-1;;;;;+1;-1;+1/p-1. The van der Waals surface area contributed by atoms with Crippen molar-refractivity contribution >= 4 is 59.4 Å². The number of aromatic carboxylic acids is 1. The number of methoxy groups -OCH3 is 3. The zero-order chi connectivity index (χ0) is 82.3. The largest absolute Gasteiger partial charge is 1.00 e.